The van der Waals surface area contributed by atoms with Crippen molar-refractivity contribution in [3.05, 3.63) is 29.3 Å². The van der Waals surface area contributed by atoms with Crippen molar-refractivity contribution in [1.29, 1.82) is 0 Å². The summed E-state index contributed by atoms with van der Waals surface area (Å²) in [5.41, 5.74) is 1.12. The van der Waals surface area contributed by atoms with E-state index in [9.17, 15) is 14.7 Å². The van der Waals surface area contributed by atoms with E-state index in [0.717, 1.165) is 24.8 Å². The fourth-order valence-corrected chi connectivity index (χ4v) is 2.24. The van der Waals surface area contributed by atoms with Crippen LogP contribution in [0.15, 0.2) is 18.2 Å². The van der Waals surface area contributed by atoms with Crippen molar-refractivity contribution in [1.82, 2.24) is 4.90 Å². The van der Waals surface area contributed by atoms with E-state index >= 15 is 0 Å². The molecule has 0 aliphatic heterocycles. The number of aryl methyl sites for hydroxylation is 1. The molecule has 5 heteroatoms. The molecule has 1 unspecified atom stereocenters. The number of hydrogen-bond acceptors (Lipinski definition) is 3. The SMILES string of the molecule is CCc1ccc(O)c(C(=O)N(C2CC2)C(C)C(=O)O)c1. The van der Waals surface area contributed by atoms with Crippen LogP contribution in [0.4, 0.5) is 0 Å². The average molecular weight is 277 g/mol. The molecule has 1 aromatic carbocycles. The molecular weight excluding hydrogens is 258 g/mol. The summed E-state index contributed by atoms with van der Waals surface area (Å²) in [6, 6.07) is 3.97. The van der Waals surface area contributed by atoms with Crippen LogP contribution in [0.5, 0.6) is 5.75 Å². The first-order chi connectivity index (χ1) is 9.45. The molecule has 0 bridgehead atoms. The van der Waals surface area contributed by atoms with Crippen molar-refractivity contribution in [2.45, 2.75) is 45.2 Å². The Labute approximate surface area is 117 Å². The first kappa shape index (κ1) is 14.4. The van der Waals surface area contributed by atoms with Gasteiger partial charge in [-0.2, -0.15) is 0 Å². The standard InChI is InChI=1S/C15H19NO4/c1-3-10-4-7-13(17)12(8-10)14(18)16(11-5-6-11)9(2)15(19)20/h4,7-9,11,17H,3,5-6H2,1-2H3,(H,19,20). The predicted molar refractivity (Wildman–Crippen MR) is 73.8 cm³/mol. The van der Waals surface area contributed by atoms with Gasteiger partial charge < -0.3 is 15.1 Å². The molecule has 1 aromatic rings. The summed E-state index contributed by atoms with van der Waals surface area (Å²) in [6.07, 6.45) is 2.38. The Morgan fingerprint density at radius 1 is 1.40 bits per heavy atom. The summed E-state index contributed by atoms with van der Waals surface area (Å²) in [6.45, 7) is 3.46. The number of phenolic OH excluding ortho intramolecular Hbond substituents is 1. The minimum absolute atomic E-state index is 0.0294. The molecule has 2 rings (SSSR count). The zero-order valence-corrected chi connectivity index (χ0v) is 11.7. The Hall–Kier alpha value is -2.04. The molecule has 0 spiro atoms. The maximum absolute atomic E-state index is 12.6. The lowest BCUT2D eigenvalue weighted by atomic mass is 10.1. The van der Waals surface area contributed by atoms with E-state index in [1.54, 1.807) is 12.1 Å². The number of amides is 1. The number of hydrogen-bond donors (Lipinski definition) is 2. The zero-order chi connectivity index (χ0) is 14.9. The molecule has 1 aliphatic carbocycles. The topological polar surface area (TPSA) is 77.8 Å². The Kier molecular flexibility index (Phi) is 3.97. The monoisotopic (exact) mass is 277 g/mol. The number of carboxylic acids is 1. The van der Waals surface area contributed by atoms with Crippen molar-refractivity contribution < 1.29 is 19.8 Å². The van der Waals surface area contributed by atoms with E-state index in [-0.39, 0.29) is 17.4 Å². The van der Waals surface area contributed by atoms with Crippen molar-refractivity contribution in [2.24, 2.45) is 0 Å². The minimum Gasteiger partial charge on any atom is -0.507 e. The predicted octanol–water partition coefficient (Wildman–Crippen LogP) is 2.03. The van der Waals surface area contributed by atoms with Gasteiger partial charge in [-0.15, -0.1) is 0 Å². The van der Waals surface area contributed by atoms with Crippen molar-refractivity contribution >= 4 is 11.9 Å². The van der Waals surface area contributed by atoms with Crippen LogP contribution >= 0.6 is 0 Å². The van der Waals surface area contributed by atoms with Crippen molar-refractivity contribution in [3.63, 3.8) is 0 Å². The summed E-state index contributed by atoms with van der Waals surface area (Å²) < 4.78 is 0. The molecule has 1 fully saturated rings. The number of aliphatic carboxylic acids is 1. The van der Waals surface area contributed by atoms with Crippen LogP contribution < -0.4 is 0 Å². The molecule has 2 N–H and O–H groups in total. The maximum Gasteiger partial charge on any atom is 0.326 e. The van der Waals surface area contributed by atoms with Crippen LogP contribution in [0.25, 0.3) is 0 Å². The average Bonchev–Trinajstić information content (AvgIpc) is 3.23. The lowest BCUT2D eigenvalue weighted by Gasteiger charge is -2.27. The Morgan fingerprint density at radius 3 is 2.55 bits per heavy atom. The van der Waals surface area contributed by atoms with Gasteiger partial charge in [-0.1, -0.05) is 13.0 Å². The van der Waals surface area contributed by atoms with Gasteiger partial charge in [0.15, 0.2) is 0 Å². The number of phenols is 1. The van der Waals surface area contributed by atoms with E-state index in [1.165, 1.54) is 17.9 Å². The number of benzene rings is 1. The number of carbonyl (C=O) groups excluding carboxylic acids is 1. The van der Waals surface area contributed by atoms with Crippen molar-refractivity contribution in [2.75, 3.05) is 0 Å². The third-order valence-electron chi connectivity index (χ3n) is 3.65. The Balaban J connectivity index is 2.34. The molecule has 20 heavy (non-hydrogen) atoms. The summed E-state index contributed by atoms with van der Waals surface area (Å²) in [7, 11) is 0. The zero-order valence-electron chi connectivity index (χ0n) is 11.7. The van der Waals surface area contributed by atoms with Crippen LogP contribution in [0.1, 0.15) is 42.6 Å². The largest absolute Gasteiger partial charge is 0.507 e. The molecule has 0 radical (unpaired) electrons. The highest BCUT2D eigenvalue weighted by Crippen LogP contribution is 2.32. The molecule has 0 aromatic heterocycles. The first-order valence-corrected chi connectivity index (χ1v) is 6.83. The first-order valence-electron chi connectivity index (χ1n) is 6.83. The second kappa shape index (κ2) is 5.53. The van der Waals surface area contributed by atoms with E-state index in [2.05, 4.69) is 0 Å². The third kappa shape index (κ3) is 2.76. The van der Waals surface area contributed by atoms with Crippen LogP contribution in [0, 0.1) is 0 Å². The molecule has 1 atom stereocenters. The molecular formula is C15H19NO4. The smallest absolute Gasteiger partial charge is 0.326 e. The number of carbonyl (C=O) groups is 2. The lowest BCUT2D eigenvalue weighted by Crippen LogP contribution is -2.44. The molecule has 0 heterocycles. The maximum atomic E-state index is 12.6. The lowest BCUT2D eigenvalue weighted by molar-refractivity contribution is -0.141. The fraction of sp³-hybridized carbons (Fsp3) is 0.467. The number of carboxylic acid groups (broad SMARTS) is 1. The highest BCUT2D eigenvalue weighted by molar-refractivity contribution is 5.99. The highest BCUT2D eigenvalue weighted by atomic mass is 16.4. The molecule has 1 amide bonds. The molecule has 108 valence electrons. The van der Waals surface area contributed by atoms with Gasteiger partial charge in [0.25, 0.3) is 5.91 Å². The van der Waals surface area contributed by atoms with E-state index in [4.69, 9.17) is 5.11 Å². The van der Waals surface area contributed by atoms with Gasteiger partial charge in [-0.25, -0.2) is 4.79 Å². The van der Waals surface area contributed by atoms with Crippen LogP contribution in [0.3, 0.4) is 0 Å². The van der Waals surface area contributed by atoms with E-state index in [1.807, 2.05) is 6.92 Å². The summed E-state index contributed by atoms with van der Waals surface area (Å²) in [4.78, 5) is 25.1. The van der Waals surface area contributed by atoms with Gasteiger partial charge in [-0.3, -0.25) is 4.79 Å². The van der Waals surface area contributed by atoms with Gasteiger partial charge in [0.05, 0.1) is 5.56 Å². The minimum atomic E-state index is -1.03. The Bertz CT molecular complexity index is 537. The highest BCUT2D eigenvalue weighted by Gasteiger charge is 2.39. The van der Waals surface area contributed by atoms with Gasteiger partial charge in [0.2, 0.25) is 0 Å². The number of rotatable bonds is 5. The van der Waals surface area contributed by atoms with Gasteiger partial charge >= 0.3 is 5.97 Å². The van der Waals surface area contributed by atoms with Crippen LogP contribution in [0.2, 0.25) is 0 Å². The van der Waals surface area contributed by atoms with E-state index < -0.39 is 17.9 Å². The second-order valence-corrected chi connectivity index (χ2v) is 5.16. The van der Waals surface area contributed by atoms with Gasteiger partial charge in [0.1, 0.15) is 11.8 Å². The fourth-order valence-electron chi connectivity index (χ4n) is 2.24. The number of nitrogens with zero attached hydrogens (tertiary/aromatic N) is 1. The molecule has 0 saturated heterocycles. The summed E-state index contributed by atoms with van der Waals surface area (Å²) in [5, 5.41) is 19.0. The van der Waals surface area contributed by atoms with Crippen LogP contribution in [-0.2, 0) is 11.2 Å². The van der Waals surface area contributed by atoms with Crippen molar-refractivity contribution in [3.8, 4) is 5.75 Å². The second-order valence-electron chi connectivity index (χ2n) is 5.16. The molecule has 5 nitrogen and oxygen atoms in total. The molecule has 1 aliphatic rings. The quantitative estimate of drug-likeness (QED) is 0.863. The normalized spacial score (nSPS) is 15.7. The van der Waals surface area contributed by atoms with Gasteiger partial charge in [-0.05, 0) is 43.9 Å². The van der Waals surface area contributed by atoms with Crippen LogP contribution in [-0.4, -0.2) is 39.1 Å². The third-order valence-corrected chi connectivity index (χ3v) is 3.65. The number of aromatic hydroxyl groups is 1. The summed E-state index contributed by atoms with van der Waals surface area (Å²) in [5.74, 6) is -1.54. The van der Waals surface area contributed by atoms with Gasteiger partial charge in [0, 0.05) is 6.04 Å². The Morgan fingerprint density at radius 2 is 2.05 bits per heavy atom. The molecule has 1 saturated carbocycles. The summed E-state index contributed by atoms with van der Waals surface area (Å²) >= 11 is 0. The van der Waals surface area contributed by atoms with E-state index in [0.29, 0.717) is 0 Å².